The van der Waals surface area contributed by atoms with Gasteiger partial charge in [0.05, 0.1) is 0 Å². The van der Waals surface area contributed by atoms with Crippen molar-refractivity contribution in [2.75, 3.05) is 5.32 Å². The molecule has 0 radical (unpaired) electrons. The molecule has 1 nitrogen and oxygen atoms in total. The monoisotopic (exact) mass is 271 g/mol. The molecule has 2 unspecified atom stereocenters. The standard InChI is InChI=1S/C14H19F2NS/c1-10-4-2-3-5-13(10)17-11-6-8-12(9-7-11)18-14(15)16/h6-10,13-14,17H,2-5H2,1H3. The summed E-state index contributed by atoms with van der Waals surface area (Å²) in [5.41, 5.74) is 1.03. The minimum absolute atomic E-state index is 0.521. The fourth-order valence-corrected chi connectivity index (χ4v) is 2.98. The van der Waals surface area contributed by atoms with Crippen molar-refractivity contribution in [2.24, 2.45) is 5.92 Å². The van der Waals surface area contributed by atoms with Crippen molar-refractivity contribution in [1.29, 1.82) is 0 Å². The Kier molecular flexibility index (Phi) is 4.87. The minimum Gasteiger partial charge on any atom is -0.382 e. The summed E-state index contributed by atoms with van der Waals surface area (Å²) < 4.78 is 24.4. The first-order valence-electron chi connectivity index (χ1n) is 6.46. The van der Waals surface area contributed by atoms with E-state index in [1.807, 2.05) is 12.1 Å². The highest BCUT2D eigenvalue weighted by Crippen LogP contribution is 2.29. The number of alkyl halides is 2. The first-order valence-corrected chi connectivity index (χ1v) is 7.34. The average molecular weight is 271 g/mol. The Labute approximate surface area is 111 Å². The van der Waals surface area contributed by atoms with E-state index in [-0.39, 0.29) is 0 Å². The lowest BCUT2D eigenvalue weighted by Crippen LogP contribution is -2.30. The van der Waals surface area contributed by atoms with Gasteiger partial charge in [0, 0.05) is 16.6 Å². The molecule has 100 valence electrons. The number of rotatable bonds is 4. The zero-order valence-electron chi connectivity index (χ0n) is 10.5. The lowest BCUT2D eigenvalue weighted by atomic mass is 9.86. The summed E-state index contributed by atoms with van der Waals surface area (Å²) in [5, 5.41) is 3.51. The number of thioether (sulfide) groups is 1. The van der Waals surface area contributed by atoms with E-state index in [0.717, 1.165) is 5.69 Å². The second-order valence-corrected chi connectivity index (χ2v) is 5.98. The van der Waals surface area contributed by atoms with Crippen LogP contribution in [-0.4, -0.2) is 11.8 Å². The molecule has 1 saturated carbocycles. The maximum absolute atomic E-state index is 12.2. The maximum atomic E-state index is 12.2. The van der Waals surface area contributed by atoms with Crippen molar-refractivity contribution in [3.8, 4) is 0 Å². The summed E-state index contributed by atoms with van der Waals surface area (Å²) in [7, 11) is 0. The van der Waals surface area contributed by atoms with E-state index in [2.05, 4.69) is 12.2 Å². The molecule has 0 amide bonds. The van der Waals surface area contributed by atoms with Crippen molar-refractivity contribution in [3.63, 3.8) is 0 Å². The molecule has 18 heavy (non-hydrogen) atoms. The number of benzene rings is 1. The van der Waals surface area contributed by atoms with Gasteiger partial charge < -0.3 is 5.32 Å². The normalized spacial score (nSPS) is 24.2. The third kappa shape index (κ3) is 3.87. The summed E-state index contributed by atoms with van der Waals surface area (Å²) in [6, 6.07) is 7.82. The Balaban J connectivity index is 1.93. The molecule has 0 heterocycles. The van der Waals surface area contributed by atoms with Crippen LogP contribution < -0.4 is 5.32 Å². The predicted octanol–water partition coefficient (Wildman–Crippen LogP) is 4.99. The molecule has 0 bridgehead atoms. The van der Waals surface area contributed by atoms with E-state index in [1.165, 1.54) is 25.7 Å². The molecule has 1 aromatic rings. The fraction of sp³-hybridized carbons (Fsp3) is 0.571. The second kappa shape index (κ2) is 6.41. The van der Waals surface area contributed by atoms with Crippen LogP contribution in [0.1, 0.15) is 32.6 Å². The lowest BCUT2D eigenvalue weighted by molar-refractivity contribution is 0.252. The van der Waals surface area contributed by atoms with E-state index < -0.39 is 5.76 Å². The van der Waals surface area contributed by atoms with Gasteiger partial charge in [0.15, 0.2) is 0 Å². The van der Waals surface area contributed by atoms with Gasteiger partial charge in [0.25, 0.3) is 5.76 Å². The smallest absolute Gasteiger partial charge is 0.288 e. The molecule has 0 aliphatic heterocycles. The summed E-state index contributed by atoms with van der Waals surface area (Å²) in [5.74, 6) is -1.66. The maximum Gasteiger partial charge on any atom is 0.288 e. The van der Waals surface area contributed by atoms with Gasteiger partial charge in [-0.1, -0.05) is 31.5 Å². The molecule has 1 fully saturated rings. The summed E-state index contributed by atoms with van der Waals surface area (Å²) in [4.78, 5) is 0.618. The molecule has 1 aliphatic carbocycles. The number of hydrogen-bond donors (Lipinski definition) is 1. The summed E-state index contributed by atoms with van der Waals surface area (Å²) in [6.45, 7) is 2.28. The van der Waals surface area contributed by atoms with Crippen LogP contribution in [0.5, 0.6) is 0 Å². The molecular formula is C14H19F2NS. The first kappa shape index (κ1) is 13.7. The summed E-state index contributed by atoms with van der Waals surface area (Å²) >= 11 is 0.593. The highest BCUT2D eigenvalue weighted by Gasteiger charge is 2.20. The molecule has 1 aromatic carbocycles. The zero-order chi connectivity index (χ0) is 13.0. The summed E-state index contributed by atoms with van der Waals surface area (Å²) in [6.07, 6.45) is 5.08. The van der Waals surface area contributed by atoms with Gasteiger partial charge >= 0.3 is 0 Å². The van der Waals surface area contributed by atoms with E-state index in [0.29, 0.717) is 28.6 Å². The Bertz CT molecular complexity index is 367. The molecule has 4 heteroatoms. The van der Waals surface area contributed by atoms with Crippen LogP contribution >= 0.6 is 11.8 Å². The van der Waals surface area contributed by atoms with Gasteiger partial charge in [0.2, 0.25) is 0 Å². The van der Waals surface area contributed by atoms with Crippen LogP contribution in [0, 0.1) is 5.92 Å². The van der Waals surface area contributed by atoms with Gasteiger partial charge in [-0.2, -0.15) is 8.78 Å². The number of halogens is 2. The van der Waals surface area contributed by atoms with Crippen molar-refractivity contribution < 1.29 is 8.78 Å². The van der Waals surface area contributed by atoms with Crippen molar-refractivity contribution >= 4 is 17.4 Å². The van der Waals surface area contributed by atoms with Crippen LogP contribution in [0.2, 0.25) is 0 Å². The molecule has 2 atom stereocenters. The van der Waals surface area contributed by atoms with Crippen LogP contribution in [-0.2, 0) is 0 Å². The Hall–Kier alpha value is -0.770. The Morgan fingerprint density at radius 2 is 1.83 bits per heavy atom. The van der Waals surface area contributed by atoms with Crippen LogP contribution in [0.25, 0.3) is 0 Å². The zero-order valence-corrected chi connectivity index (χ0v) is 11.4. The first-order chi connectivity index (χ1) is 8.65. The Morgan fingerprint density at radius 3 is 2.44 bits per heavy atom. The molecule has 1 N–H and O–H groups in total. The van der Waals surface area contributed by atoms with Gasteiger partial charge in [-0.3, -0.25) is 0 Å². The molecule has 0 spiro atoms. The SMILES string of the molecule is CC1CCCCC1Nc1ccc(SC(F)F)cc1. The molecule has 0 aromatic heterocycles. The molecule has 0 saturated heterocycles. The molecule has 2 rings (SSSR count). The minimum atomic E-state index is -2.35. The lowest BCUT2D eigenvalue weighted by Gasteiger charge is -2.30. The topological polar surface area (TPSA) is 12.0 Å². The van der Waals surface area contributed by atoms with E-state index in [1.54, 1.807) is 12.1 Å². The largest absolute Gasteiger partial charge is 0.382 e. The quantitative estimate of drug-likeness (QED) is 0.774. The van der Waals surface area contributed by atoms with Gasteiger partial charge in [0.1, 0.15) is 0 Å². The third-order valence-electron chi connectivity index (χ3n) is 3.54. The third-order valence-corrected chi connectivity index (χ3v) is 4.27. The predicted molar refractivity (Wildman–Crippen MR) is 73.3 cm³/mol. The highest BCUT2D eigenvalue weighted by molar-refractivity contribution is 7.99. The van der Waals surface area contributed by atoms with Gasteiger partial charge in [-0.15, -0.1) is 0 Å². The highest BCUT2D eigenvalue weighted by atomic mass is 32.2. The second-order valence-electron chi connectivity index (χ2n) is 4.92. The van der Waals surface area contributed by atoms with Crippen molar-refractivity contribution in [1.82, 2.24) is 0 Å². The van der Waals surface area contributed by atoms with Crippen LogP contribution in [0.3, 0.4) is 0 Å². The van der Waals surface area contributed by atoms with Crippen LogP contribution in [0.15, 0.2) is 29.2 Å². The molecular weight excluding hydrogens is 252 g/mol. The van der Waals surface area contributed by atoms with Gasteiger partial charge in [-0.25, -0.2) is 0 Å². The van der Waals surface area contributed by atoms with Crippen molar-refractivity contribution in [3.05, 3.63) is 24.3 Å². The number of nitrogens with one attached hydrogen (secondary N) is 1. The van der Waals surface area contributed by atoms with Crippen molar-refractivity contribution in [2.45, 2.75) is 49.3 Å². The van der Waals surface area contributed by atoms with E-state index >= 15 is 0 Å². The number of hydrogen-bond acceptors (Lipinski definition) is 2. The van der Waals surface area contributed by atoms with E-state index in [4.69, 9.17) is 0 Å². The Morgan fingerprint density at radius 1 is 1.17 bits per heavy atom. The van der Waals surface area contributed by atoms with E-state index in [9.17, 15) is 8.78 Å². The fourth-order valence-electron chi connectivity index (χ4n) is 2.48. The van der Waals surface area contributed by atoms with Gasteiger partial charge in [-0.05, 0) is 43.0 Å². The number of anilines is 1. The van der Waals surface area contributed by atoms with Crippen LogP contribution in [0.4, 0.5) is 14.5 Å². The molecule has 1 aliphatic rings. The average Bonchev–Trinajstić information content (AvgIpc) is 2.34.